The van der Waals surface area contributed by atoms with Crippen LogP contribution in [0.1, 0.15) is 40.0 Å². The van der Waals surface area contributed by atoms with Gasteiger partial charge in [-0.05, 0) is 52.0 Å². The molecule has 0 heterocycles. The summed E-state index contributed by atoms with van der Waals surface area (Å²) in [4.78, 5) is 25.1. The van der Waals surface area contributed by atoms with E-state index in [0.717, 1.165) is 18.2 Å². The maximum atomic E-state index is 12.3. The van der Waals surface area contributed by atoms with Crippen LogP contribution in [0, 0.1) is 0 Å². The summed E-state index contributed by atoms with van der Waals surface area (Å²) < 4.78 is 5.35. The normalized spacial score (nSPS) is 12.8. The molecule has 0 bridgehead atoms. The second-order valence-corrected chi connectivity index (χ2v) is 7.48. The number of hydrogen-bond donors (Lipinski definition) is 1. The Labute approximate surface area is 139 Å². The third-order valence-corrected chi connectivity index (χ3v) is 3.87. The molecule has 0 aliphatic heterocycles. The molecule has 1 amide bonds. The van der Waals surface area contributed by atoms with E-state index in [1.54, 1.807) is 32.5 Å². The minimum Gasteiger partial charge on any atom is -0.480 e. The van der Waals surface area contributed by atoms with E-state index >= 15 is 0 Å². The lowest BCUT2D eigenvalue weighted by atomic mass is 10.1. The minimum atomic E-state index is -0.978. The molecule has 0 fully saturated rings. The molecule has 1 N–H and O–H groups in total. The van der Waals surface area contributed by atoms with Crippen LogP contribution in [-0.4, -0.2) is 57.6 Å². The quantitative estimate of drug-likeness (QED) is 0.486. The number of amides is 1. The molecule has 21 heavy (non-hydrogen) atoms. The Balaban J connectivity index is 4.97. The topological polar surface area (TPSA) is 66.8 Å². The van der Waals surface area contributed by atoms with Crippen LogP contribution in [0.25, 0.3) is 0 Å². The predicted octanol–water partition coefficient (Wildman–Crippen LogP) is 3.60. The molecule has 0 saturated heterocycles. The molecule has 0 aliphatic rings. The molecule has 0 aromatic heterocycles. The number of carboxylic acid groups (broad SMARTS) is 1. The largest absolute Gasteiger partial charge is 0.480 e. The third-order valence-electron chi connectivity index (χ3n) is 2.67. The van der Waals surface area contributed by atoms with E-state index in [2.05, 4.69) is 15.9 Å². The lowest BCUT2D eigenvalue weighted by Crippen LogP contribution is -2.48. The zero-order valence-electron chi connectivity index (χ0n) is 13.2. The Kier molecular flexibility index (Phi) is 10.1. The smallest absolute Gasteiger partial charge is 0.411 e. The average molecular weight is 384 g/mol. The highest BCUT2D eigenvalue weighted by Gasteiger charge is 2.32. The predicted molar refractivity (Wildman–Crippen MR) is 90.4 cm³/mol. The summed E-state index contributed by atoms with van der Waals surface area (Å²) >= 11 is 4.91. The summed E-state index contributed by atoms with van der Waals surface area (Å²) in [6.07, 6.45) is 3.42. The van der Waals surface area contributed by atoms with Gasteiger partial charge < -0.3 is 9.84 Å². The maximum Gasteiger partial charge on any atom is 0.411 e. The average Bonchev–Trinajstić information content (AvgIpc) is 2.34. The number of thioether (sulfide) groups is 1. The van der Waals surface area contributed by atoms with Gasteiger partial charge in [-0.15, -0.1) is 0 Å². The first-order valence-corrected chi connectivity index (χ1v) is 9.51. The number of nitrogens with zero attached hydrogens (tertiary/aromatic N) is 1. The van der Waals surface area contributed by atoms with Gasteiger partial charge in [0.25, 0.3) is 0 Å². The van der Waals surface area contributed by atoms with Crippen LogP contribution in [0.4, 0.5) is 4.79 Å². The molecule has 0 unspecified atom stereocenters. The van der Waals surface area contributed by atoms with Gasteiger partial charge in [-0.3, -0.25) is 4.90 Å². The summed E-state index contributed by atoms with van der Waals surface area (Å²) in [7, 11) is 0. The number of carboxylic acids is 1. The zero-order chi connectivity index (χ0) is 16.5. The van der Waals surface area contributed by atoms with E-state index < -0.39 is 23.7 Å². The molecule has 0 aromatic carbocycles. The van der Waals surface area contributed by atoms with Crippen molar-refractivity contribution in [2.24, 2.45) is 0 Å². The Morgan fingerprint density at radius 1 is 1.33 bits per heavy atom. The van der Waals surface area contributed by atoms with Crippen LogP contribution < -0.4 is 0 Å². The van der Waals surface area contributed by atoms with Crippen LogP contribution in [0.3, 0.4) is 0 Å². The van der Waals surface area contributed by atoms with Gasteiger partial charge in [0.05, 0.1) is 0 Å². The Bertz CT molecular complexity index is 333. The van der Waals surface area contributed by atoms with Gasteiger partial charge >= 0.3 is 12.1 Å². The van der Waals surface area contributed by atoms with E-state index in [-0.39, 0.29) is 0 Å². The SMILES string of the molecule is CSCC[C@@H](C(=O)O)N(CCCCBr)C(=O)OC(C)(C)C. The van der Waals surface area contributed by atoms with E-state index in [1.807, 2.05) is 6.26 Å². The third kappa shape index (κ3) is 9.24. The first-order chi connectivity index (χ1) is 9.72. The van der Waals surface area contributed by atoms with Crippen molar-refractivity contribution in [1.82, 2.24) is 4.90 Å². The lowest BCUT2D eigenvalue weighted by Gasteiger charge is -2.31. The molecule has 124 valence electrons. The van der Waals surface area contributed by atoms with E-state index in [4.69, 9.17) is 4.74 Å². The van der Waals surface area contributed by atoms with Gasteiger partial charge in [-0.1, -0.05) is 15.9 Å². The van der Waals surface area contributed by atoms with Crippen molar-refractivity contribution in [3.8, 4) is 0 Å². The van der Waals surface area contributed by atoms with E-state index in [0.29, 0.717) is 18.7 Å². The summed E-state index contributed by atoms with van der Waals surface area (Å²) in [5, 5.41) is 10.2. The first-order valence-electron chi connectivity index (χ1n) is 7.00. The number of unbranched alkanes of at least 4 members (excludes halogenated alkanes) is 1. The molecule has 7 heteroatoms. The van der Waals surface area contributed by atoms with Gasteiger partial charge in [0.1, 0.15) is 11.6 Å². The number of halogens is 1. The Morgan fingerprint density at radius 3 is 2.38 bits per heavy atom. The number of rotatable bonds is 9. The summed E-state index contributed by atoms with van der Waals surface area (Å²) in [5.41, 5.74) is -0.632. The molecule has 1 atom stereocenters. The number of carbonyl (C=O) groups excluding carboxylic acids is 1. The lowest BCUT2D eigenvalue weighted by molar-refractivity contribution is -0.143. The standard InChI is InChI=1S/C14H26BrNO4S/c1-14(2,3)20-13(19)16(9-6-5-8-15)11(12(17)18)7-10-21-4/h11H,5-10H2,1-4H3,(H,17,18)/t11-/m0/s1. The summed E-state index contributed by atoms with van der Waals surface area (Å²) in [5.74, 6) is -0.289. The summed E-state index contributed by atoms with van der Waals surface area (Å²) in [6, 6.07) is -0.831. The van der Waals surface area contributed by atoms with Crippen molar-refractivity contribution in [2.75, 3.05) is 23.9 Å². The number of hydrogen-bond acceptors (Lipinski definition) is 4. The second kappa shape index (κ2) is 10.3. The molecule has 0 spiro atoms. The van der Waals surface area contributed by atoms with Crippen molar-refractivity contribution in [1.29, 1.82) is 0 Å². The van der Waals surface area contributed by atoms with Crippen molar-refractivity contribution >= 4 is 39.8 Å². The summed E-state index contributed by atoms with van der Waals surface area (Å²) in [6.45, 7) is 5.73. The van der Waals surface area contributed by atoms with Crippen LogP contribution in [0.2, 0.25) is 0 Å². The van der Waals surface area contributed by atoms with Crippen LogP contribution in [-0.2, 0) is 9.53 Å². The molecule has 5 nitrogen and oxygen atoms in total. The van der Waals surface area contributed by atoms with Crippen molar-refractivity contribution in [2.45, 2.75) is 51.7 Å². The molecular formula is C14H26BrNO4S. The Morgan fingerprint density at radius 2 is 1.95 bits per heavy atom. The number of ether oxygens (including phenoxy) is 1. The fourth-order valence-electron chi connectivity index (χ4n) is 1.71. The van der Waals surface area contributed by atoms with E-state index in [9.17, 15) is 14.7 Å². The van der Waals surface area contributed by atoms with E-state index in [1.165, 1.54) is 4.90 Å². The zero-order valence-corrected chi connectivity index (χ0v) is 15.6. The van der Waals surface area contributed by atoms with Crippen molar-refractivity contribution in [3.05, 3.63) is 0 Å². The second-order valence-electron chi connectivity index (χ2n) is 5.71. The molecule has 0 aromatic rings. The Hall–Kier alpha value is -0.430. The molecule has 0 radical (unpaired) electrons. The van der Waals surface area contributed by atoms with Crippen LogP contribution >= 0.6 is 27.7 Å². The highest BCUT2D eigenvalue weighted by atomic mass is 79.9. The minimum absolute atomic E-state index is 0.395. The van der Waals surface area contributed by atoms with Gasteiger partial charge in [0.2, 0.25) is 0 Å². The monoisotopic (exact) mass is 383 g/mol. The number of alkyl halides is 1. The highest BCUT2D eigenvalue weighted by molar-refractivity contribution is 9.09. The van der Waals surface area contributed by atoms with Gasteiger partial charge in [-0.2, -0.15) is 11.8 Å². The highest BCUT2D eigenvalue weighted by Crippen LogP contribution is 2.16. The first kappa shape index (κ1) is 20.6. The number of carbonyl (C=O) groups is 2. The maximum absolute atomic E-state index is 12.3. The van der Waals surface area contributed by atoms with Gasteiger partial charge in [0, 0.05) is 11.9 Å². The van der Waals surface area contributed by atoms with Gasteiger partial charge in [-0.25, -0.2) is 9.59 Å². The van der Waals surface area contributed by atoms with Crippen molar-refractivity contribution < 1.29 is 19.4 Å². The fourth-order valence-corrected chi connectivity index (χ4v) is 2.57. The van der Waals surface area contributed by atoms with Crippen LogP contribution in [0.5, 0.6) is 0 Å². The fraction of sp³-hybridized carbons (Fsp3) is 0.857. The van der Waals surface area contributed by atoms with Crippen LogP contribution in [0.15, 0.2) is 0 Å². The van der Waals surface area contributed by atoms with Gasteiger partial charge in [0.15, 0.2) is 0 Å². The molecule has 0 aliphatic carbocycles. The number of aliphatic carboxylic acids is 1. The van der Waals surface area contributed by atoms with Crippen molar-refractivity contribution in [3.63, 3.8) is 0 Å². The molecule has 0 rings (SSSR count). The molecular weight excluding hydrogens is 358 g/mol. The molecule has 0 saturated carbocycles.